The van der Waals surface area contributed by atoms with Crippen LogP contribution < -0.4 is 14.8 Å². The highest BCUT2D eigenvalue weighted by atomic mass is 35.5. The van der Waals surface area contributed by atoms with Crippen molar-refractivity contribution < 1.29 is 19.1 Å². The Labute approximate surface area is 178 Å². The van der Waals surface area contributed by atoms with Crippen molar-refractivity contribution in [2.45, 2.75) is 0 Å². The van der Waals surface area contributed by atoms with Crippen LogP contribution in [0.1, 0.15) is 26.3 Å². The zero-order chi connectivity index (χ0) is 21.1. The fourth-order valence-electron chi connectivity index (χ4n) is 3.19. The Morgan fingerprint density at radius 2 is 1.93 bits per heavy atom. The number of nitrogens with one attached hydrogen (secondary N) is 1. The van der Waals surface area contributed by atoms with Gasteiger partial charge < -0.3 is 14.8 Å². The zero-order valence-electron chi connectivity index (χ0n) is 16.1. The fraction of sp³-hybridized carbons (Fsp3) is 0.0833. The van der Waals surface area contributed by atoms with Crippen LogP contribution in [0.5, 0.6) is 11.5 Å². The highest BCUT2D eigenvalue weighted by Crippen LogP contribution is 2.31. The molecule has 0 unspecified atom stereocenters. The first-order valence-electron chi connectivity index (χ1n) is 9.27. The largest absolute Gasteiger partial charge is 0.497 e. The van der Waals surface area contributed by atoms with Crippen LogP contribution >= 0.6 is 11.6 Å². The maximum Gasteiger partial charge on any atom is 0.257 e. The van der Waals surface area contributed by atoms with E-state index in [0.717, 1.165) is 5.56 Å². The lowest BCUT2D eigenvalue weighted by atomic mass is 9.98. The van der Waals surface area contributed by atoms with Crippen molar-refractivity contribution in [2.75, 3.05) is 19.0 Å². The average molecular weight is 420 g/mol. The van der Waals surface area contributed by atoms with Crippen LogP contribution in [0.3, 0.4) is 0 Å². The minimum absolute atomic E-state index is 0.111. The van der Waals surface area contributed by atoms with Crippen molar-refractivity contribution in [1.82, 2.24) is 0 Å². The molecule has 0 saturated carbocycles. The molecule has 6 heteroatoms. The molecule has 3 aromatic rings. The third-order valence-corrected chi connectivity index (χ3v) is 5.04. The highest BCUT2D eigenvalue weighted by molar-refractivity contribution is 6.34. The normalized spacial score (nSPS) is 14.1. The molecule has 0 fully saturated rings. The Hall–Kier alpha value is -3.57. The number of methoxy groups -OCH3 is 1. The number of hydrogen-bond donors (Lipinski definition) is 1. The summed E-state index contributed by atoms with van der Waals surface area (Å²) in [6.07, 6.45) is 1.76. The molecule has 0 saturated heterocycles. The molecule has 30 heavy (non-hydrogen) atoms. The molecule has 0 aromatic heterocycles. The van der Waals surface area contributed by atoms with Gasteiger partial charge in [0.15, 0.2) is 5.78 Å². The Morgan fingerprint density at radius 1 is 1.10 bits per heavy atom. The fourth-order valence-corrected chi connectivity index (χ4v) is 3.41. The first kappa shape index (κ1) is 19.7. The summed E-state index contributed by atoms with van der Waals surface area (Å²) in [6, 6.07) is 19.2. The topological polar surface area (TPSA) is 64.6 Å². The third-order valence-electron chi connectivity index (χ3n) is 4.71. The maximum absolute atomic E-state index is 12.9. The molecule has 0 radical (unpaired) electrons. The number of Topliss-reactive ketones (excluding diaryl/α,β-unsaturated/α-hetero) is 1. The predicted molar refractivity (Wildman–Crippen MR) is 117 cm³/mol. The van der Waals surface area contributed by atoms with Crippen LogP contribution in [0.2, 0.25) is 5.02 Å². The molecule has 3 aromatic carbocycles. The maximum atomic E-state index is 12.9. The van der Waals surface area contributed by atoms with E-state index in [-0.39, 0.29) is 18.3 Å². The molecule has 0 atom stereocenters. The van der Waals surface area contributed by atoms with E-state index >= 15 is 0 Å². The van der Waals surface area contributed by atoms with E-state index in [1.165, 1.54) is 0 Å². The molecule has 150 valence electrons. The van der Waals surface area contributed by atoms with Gasteiger partial charge in [-0.15, -0.1) is 0 Å². The van der Waals surface area contributed by atoms with Crippen LogP contribution in [-0.2, 0) is 0 Å². The van der Waals surface area contributed by atoms with Crippen molar-refractivity contribution >= 4 is 35.1 Å². The Morgan fingerprint density at radius 3 is 2.73 bits per heavy atom. The summed E-state index contributed by atoms with van der Waals surface area (Å²) in [5, 5.41) is 3.22. The molecular weight excluding hydrogens is 402 g/mol. The van der Waals surface area contributed by atoms with E-state index in [1.54, 1.807) is 73.8 Å². The third kappa shape index (κ3) is 4.07. The summed E-state index contributed by atoms with van der Waals surface area (Å²) in [5.74, 6) is 0.721. The van der Waals surface area contributed by atoms with Gasteiger partial charge in [-0.2, -0.15) is 0 Å². The second kappa shape index (κ2) is 8.43. The van der Waals surface area contributed by atoms with Gasteiger partial charge in [-0.25, -0.2) is 0 Å². The number of anilines is 1. The van der Waals surface area contributed by atoms with Gasteiger partial charge in [0.1, 0.15) is 18.1 Å². The molecule has 1 N–H and O–H groups in total. The Balaban J connectivity index is 1.57. The van der Waals surface area contributed by atoms with Gasteiger partial charge in [0.25, 0.3) is 5.91 Å². The van der Waals surface area contributed by atoms with Crippen LogP contribution in [0.25, 0.3) is 6.08 Å². The number of fused-ring (bicyclic) bond motifs is 1. The summed E-state index contributed by atoms with van der Waals surface area (Å²) < 4.78 is 10.9. The second-order valence-electron chi connectivity index (χ2n) is 6.71. The average Bonchev–Trinajstić information content (AvgIpc) is 2.76. The predicted octanol–water partition coefficient (Wildman–Crippen LogP) is 5.26. The van der Waals surface area contributed by atoms with Gasteiger partial charge >= 0.3 is 0 Å². The molecule has 0 bridgehead atoms. The lowest BCUT2D eigenvalue weighted by Gasteiger charge is -2.19. The molecule has 4 rings (SSSR count). The number of halogens is 1. The number of hydrogen-bond acceptors (Lipinski definition) is 4. The van der Waals surface area contributed by atoms with E-state index in [1.807, 2.05) is 6.07 Å². The van der Waals surface area contributed by atoms with E-state index in [0.29, 0.717) is 38.9 Å². The molecule has 1 amide bonds. The number of rotatable bonds is 4. The van der Waals surface area contributed by atoms with Crippen LogP contribution in [0.15, 0.2) is 72.3 Å². The minimum Gasteiger partial charge on any atom is -0.497 e. The number of carbonyl (C=O) groups is 2. The van der Waals surface area contributed by atoms with E-state index in [4.69, 9.17) is 21.1 Å². The first-order valence-corrected chi connectivity index (χ1v) is 9.65. The van der Waals surface area contributed by atoms with Gasteiger partial charge in [0, 0.05) is 11.3 Å². The Bertz CT molecular complexity index is 1170. The summed E-state index contributed by atoms with van der Waals surface area (Å²) in [4.78, 5) is 25.4. The summed E-state index contributed by atoms with van der Waals surface area (Å²) in [6.45, 7) is 0.175. The minimum atomic E-state index is -0.302. The number of carbonyl (C=O) groups excluding carboxylic acids is 2. The number of benzene rings is 3. The van der Waals surface area contributed by atoms with Crippen molar-refractivity contribution in [1.29, 1.82) is 0 Å². The first-order chi connectivity index (χ1) is 14.5. The smallest absolute Gasteiger partial charge is 0.257 e. The van der Waals surface area contributed by atoms with Gasteiger partial charge in [-0.3, -0.25) is 9.59 Å². The molecule has 1 aliphatic rings. The summed E-state index contributed by atoms with van der Waals surface area (Å²) >= 11 is 6.09. The zero-order valence-corrected chi connectivity index (χ0v) is 16.9. The standard InChI is InChI=1S/C24H18ClNO4/c1-29-18-9-10-22-20(13-18)23(27)16(14-30-22)11-15-5-4-6-17(12-15)26-24(28)19-7-2-3-8-21(19)25/h2-13H,14H2,1H3,(H,26,28)/b16-11+. The number of ether oxygens (including phenoxy) is 2. The number of ketones is 1. The molecule has 1 aliphatic heterocycles. The summed E-state index contributed by atoms with van der Waals surface area (Å²) in [5.41, 5.74) is 2.75. The van der Waals surface area contributed by atoms with Gasteiger partial charge in [0.05, 0.1) is 23.3 Å². The molecule has 5 nitrogen and oxygen atoms in total. The number of amides is 1. The lowest BCUT2D eigenvalue weighted by molar-refractivity contribution is 0.0997. The molecule has 0 aliphatic carbocycles. The van der Waals surface area contributed by atoms with Gasteiger partial charge in [-0.1, -0.05) is 35.9 Å². The molecular formula is C24H18ClNO4. The summed E-state index contributed by atoms with van der Waals surface area (Å²) in [7, 11) is 1.55. The lowest BCUT2D eigenvalue weighted by Crippen LogP contribution is -2.19. The SMILES string of the molecule is COc1ccc2c(c1)C(=O)/C(=C/c1cccc(NC(=O)c3ccccc3Cl)c1)CO2. The van der Waals surface area contributed by atoms with Crippen LogP contribution in [-0.4, -0.2) is 25.4 Å². The van der Waals surface area contributed by atoms with Crippen LogP contribution in [0, 0.1) is 0 Å². The van der Waals surface area contributed by atoms with Gasteiger partial charge in [0.2, 0.25) is 0 Å². The van der Waals surface area contributed by atoms with Gasteiger partial charge in [-0.05, 0) is 54.1 Å². The van der Waals surface area contributed by atoms with Crippen molar-refractivity contribution in [2.24, 2.45) is 0 Å². The van der Waals surface area contributed by atoms with Crippen molar-refractivity contribution in [3.63, 3.8) is 0 Å². The van der Waals surface area contributed by atoms with E-state index in [2.05, 4.69) is 5.32 Å². The van der Waals surface area contributed by atoms with Crippen LogP contribution in [0.4, 0.5) is 5.69 Å². The second-order valence-corrected chi connectivity index (χ2v) is 7.12. The van der Waals surface area contributed by atoms with E-state index < -0.39 is 0 Å². The molecule has 1 heterocycles. The van der Waals surface area contributed by atoms with Crippen molar-refractivity contribution in [3.8, 4) is 11.5 Å². The molecule has 0 spiro atoms. The monoisotopic (exact) mass is 419 g/mol. The van der Waals surface area contributed by atoms with E-state index in [9.17, 15) is 9.59 Å². The Kier molecular flexibility index (Phi) is 5.55. The van der Waals surface area contributed by atoms with Crippen molar-refractivity contribution in [3.05, 3.63) is 94.0 Å². The highest BCUT2D eigenvalue weighted by Gasteiger charge is 2.24. The quantitative estimate of drug-likeness (QED) is 0.586.